The average Bonchev–Trinajstić information content (AvgIpc) is 2.74. The summed E-state index contributed by atoms with van der Waals surface area (Å²) in [5.41, 5.74) is 2.32. The molecule has 0 saturated carbocycles. The van der Waals surface area contributed by atoms with E-state index in [4.69, 9.17) is 21.7 Å². The van der Waals surface area contributed by atoms with E-state index in [1.807, 2.05) is 19.1 Å². The fraction of sp³-hybridized carbons (Fsp3) is 0.500. The molecule has 0 aliphatic carbocycles. The zero-order valence-corrected chi connectivity index (χ0v) is 13.3. The minimum Gasteiger partial charge on any atom is -0.493 e. The number of hydrogen-bond donors (Lipinski definition) is 0. The van der Waals surface area contributed by atoms with Gasteiger partial charge in [-0.05, 0) is 29.7 Å². The highest BCUT2D eigenvalue weighted by Crippen LogP contribution is 2.38. The number of thiocarbonyl (C=S) groups is 1. The van der Waals surface area contributed by atoms with Gasteiger partial charge in [-0.3, -0.25) is 4.79 Å². The molecule has 3 rings (SSSR count). The van der Waals surface area contributed by atoms with Crippen molar-refractivity contribution in [2.75, 3.05) is 14.2 Å². The SMILES string of the molecule is CCC1C(=O)C2Cc3cc(OC)c(OC)cc3CN2C1=S. The first kappa shape index (κ1) is 14.3. The molecule has 5 heteroatoms. The van der Waals surface area contributed by atoms with Crippen molar-refractivity contribution in [2.45, 2.75) is 32.4 Å². The van der Waals surface area contributed by atoms with Crippen LogP contribution in [0.3, 0.4) is 0 Å². The van der Waals surface area contributed by atoms with Crippen LogP contribution in [0.5, 0.6) is 11.5 Å². The maximum absolute atomic E-state index is 12.5. The molecule has 4 nitrogen and oxygen atoms in total. The number of carbonyl (C=O) groups is 1. The normalized spacial score (nSPS) is 23.9. The van der Waals surface area contributed by atoms with E-state index < -0.39 is 0 Å². The highest BCUT2D eigenvalue weighted by Gasteiger charge is 2.45. The van der Waals surface area contributed by atoms with Crippen LogP contribution in [0.1, 0.15) is 24.5 Å². The summed E-state index contributed by atoms with van der Waals surface area (Å²) in [5, 5.41) is 0. The Labute approximate surface area is 130 Å². The van der Waals surface area contributed by atoms with Crippen molar-refractivity contribution < 1.29 is 14.3 Å². The Balaban J connectivity index is 2.00. The van der Waals surface area contributed by atoms with Gasteiger partial charge in [0.1, 0.15) is 0 Å². The molecule has 2 atom stereocenters. The quantitative estimate of drug-likeness (QED) is 0.802. The van der Waals surface area contributed by atoms with Crippen molar-refractivity contribution in [3.63, 3.8) is 0 Å². The van der Waals surface area contributed by atoms with Gasteiger partial charge in [-0.2, -0.15) is 0 Å². The van der Waals surface area contributed by atoms with Gasteiger partial charge in [0.15, 0.2) is 17.3 Å². The molecule has 112 valence electrons. The Morgan fingerprint density at radius 3 is 2.43 bits per heavy atom. The van der Waals surface area contributed by atoms with Gasteiger partial charge in [-0.25, -0.2) is 0 Å². The molecule has 0 radical (unpaired) electrons. The van der Waals surface area contributed by atoms with E-state index in [1.165, 1.54) is 0 Å². The summed E-state index contributed by atoms with van der Waals surface area (Å²) in [6.07, 6.45) is 1.48. The zero-order chi connectivity index (χ0) is 15.1. The van der Waals surface area contributed by atoms with Gasteiger partial charge in [0.2, 0.25) is 0 Å². The molecule has 21 heavy (non-hydrogen) atoms. The second-order valence-corrected chi connectivity index (χ2v) is 5.94. The Morgan fingerprint density at radius 2 is 1.86 bits per heavy atom. The Bertz CT molecular complexity index is 563. The minimum atomic E-state index is -0.104. The third-order valence-electron chi connectivity index (χ3n) is 4.50. The summed E-state index contributed by atoms with van der Waals surface area (Å²) in [6.45, 7) is 2.70. The van der Waals surface area contributed by atoms with Gasteiger partial charge in [0.05, 0.1) is 31.2 Å². The highest BCUT2D eigenvalue weighted by atomic mass is 32.1. The average molecular weight is 305 g/mol. The number of benzene rings is 1. The summed E-state index contributed by atoms with van der Waals surface area (Å²) in [6, 6.07) is 3.88. The van der Waals surface area contributed by atoms with E-state index in [9.17, 15) is 4.79 Å². The molecule has 2 unspecified atom stereocenters. The van der Waals surface area contributed by atoms with Crippen LogP contribution in [0.15, 0.2) is 12.1 Å². The standard InChI is InChI=1S/C16H19NO3S/c1-4-11-15(18)12-5-9-6-13(19-2)14(20-3)7-10(9)8-17(12)16(11)21/h6-7,11-12H,4-5,8H2,1-3H3. The van der Waals surface area contributed by atoms with Crippen LogP contribution in [0.2, 0.25) is 0 Å². The summed E-state index contributed by atoms with van der Waals surface area (Å²) in [4.78, 5) is 15.4. The largest absolute Gasteiger partial charge is 0.493 e. The number of rotatable bonds is 3. The van der Waals surface area contributed by atoms with Crippen LogP contribution >= 0.6 is 12.2 Å². The van der Waals surface area contributed by atoms with Crippen LogP contribution in [-0.2, 0) is 17.8 Å². The smallest absolute Gasteiger partial charge is 0.165 e. The van der Waals surface area contributed by atoms with Crippen molar-refractivity contribution in [1.29, 1.82) is 0 Å². The molecule has 1 fully saturated rings. The van der Waals surface area contributed by atoms with Crippen molar-refractivity contribution >= 4 is 23.0 Å². The molecule has 0 aromatic heterocycles. The Morgan fingerprint density at radius 1 is 1.24 bits per heavy atom. The van der Waals surface area contributed by atoms with E-state index >= 15 is 0 Å². The maximum atomic E-state index is 12.5. The number of Topliss-reactive ketones (excluding diaryl/α,β-unsaturated/α-hetero) is 1. The fourth-order valence-corrected chi connectivity index (χ4v) is 3.80. The number of carbonyl (C=O) groups excluding carboxylic acids is 1. The van der Waals surface area contributed by atoms with Crippen LogP contribution < -0.4 is 9.47 Å². The van der Waals surface area contributed by atoms with E-state index in [0.29, 0.717) is 18.7 Å². The summed E-state index contributed by atoms with van der Waals surface area (Å²) in [7, 11) is 3.26. The van der Waals surface area contributed by atoms with Gasteiger partial charge in [0.25, 0.3) is 0 Å². The van der Waals surface area contributed by atoms with Gasteiger partial charge in [0, 0.05) is 13.0 Å². The number of nitrogens with zero attached hydrogens (tertiary/aromatic N) is 1. The molecule has 1 aromatic rings. The molecule has 1 aromatic carbocycles. The number of hydrogen-bond acceptors (Lipinski definition) is 4. The van der Waals surface area contributed by atoms with E-state index in [-0.39, 0.29) is 17.7 Å². The van der Waals surface area contributed by atoms with Crippen LogP contribution in [-0.4, -0.2) is 35.9 Å². The summed E-state index contributed by atoms with van der Waals surface area (Å²) >= 11 is 5.50. The van der Waals surface area contributed by atoms with Crippen LogP contribution in [0.4, 0.5) is 0 Å². The van der Waals surface area contributed by atoms with Crippen molar-refractivity contribution in [3.8, 4) is 11.5 Å². The second kappa shape index (κ2) is 5.30. The lowest BCUT2D eigenvalue weighted by molar-refractivity contribution is -0.122. The van der Waals surface area contributed by atoms with Gasteiger partial charge < -0.3 is 14.4 Å². The molecule has 0 amide bonds. The number of ketones is 1. The van der Waals surface area contributed by atoms with Crippen LogP contribution in [0, 0.1) is 5.92 Å². The lowest BCUT2D eigenvalue weighted by Gasteiger charge is -2.32. The lowest BCUT2D eigenvalue weighted by Crippen LogP contribution is -2.40. The first-order valence-corrected chi connectivity index (χ1v) is 7.59. The van der Waals surface area contributed by atoms with E-state index in [1.54, 1.807) is 14.2 Å². The summed E-state index contributed by atoms with van der Waals surface area (Å²) in [5.74, 6) is 1.61. The van der Waals surface area contributed by atoms with E-state index in [2.05, 4.69) is 4.90 Å². The second-order valence-electron chi connectivity index (χ2n) is 5.53. The van der Waals surface area contributed by atoms with E-state index in [0.717, 1.165) is 28.3 Å². The predicted octanol–water partition coefficient (Wildman–Crippen LogP) is 2.37. The molecule has 2 aliphatic rings. The molecule has 2 heterocycles. The number of fused-ring (bicyclic) bond motifs is 2. The molecule has 1 saturated heterocycles. The van der Waals surface area contributed by atoms with Crippen LogP contribution in [0.25, 0.3) is 0 Å². The van der Waals surface area contributed by atoms with Crippen molar-refractivity contribution in [3.05, 3.63) is 23.3 Å². The highest BCUT2D eigenvalue weighted by molar-refractivity contribution is 7.80. The van der Waals surface area contributed by atoms with Crippen molar-refractivity contribution in [1.82, 2.24) is 4.90 Å². The Kier molecular flexibility index (Phi) is 3.61. The third kappa shape index (κ3) is 2.11. The molecule has 0 bridgehead atoms. The maximum Gasteiger partial charge on any atom is 0.165 e. The minimum absolute atomic E-state index is 0.0943. The lowest BCUT2D eigenvalue weighted by atomic mass is 9.91. The first-order chi connectivity index (χ1) is 10.1. The predicted molar refractivity (Wildman–Crippen MR) is 84.0 cm³/mol. The van der Waals surface area contributed by atoms with Gasteiger partial charge >= 0.3 is 0 Å². The fourth-order valence-electron chi connectivity index (χ4n) is 3.33. The molecule has 0 spiro atoms. The summed E-state index contributed by atoms with van der Waals surface area (Å²) < 4.78 is 10.7. The van der Waals surface area contributed by atoms with Gasteiger partial charge in [-0.15, -0.1) is 0 Å². The Hall–Kier alpha value is -1.62. The van der Waals surface area contributed by atoms with Crippen molar-refractivity contribution in [2.24, 2.45) is 5.92 Å². The monoisotopic (exact) mass is 305 g/mol. The first-order valence-electron chi connectivity index (χ1n) is 7.18. The zero-order valence-electron chi connectivity index (χ0n) is 12.5. The van der Waals surface area contributed by atoms with Gasteiger partial charge in [-0.1, -0.05) is 19.1 Å². The molecule has 2 aliphatic heterocycles. The number of ether oxygens (including phenoxy) is 2. The topological polar surface area (TPSA) is 38.8 Å². The molecule has 0 N–H and O–H groups in total. The molecular formula is C16H19NO3S. The molecular weight excluding hydrogens is 286 g/mol. The number of methoxy groups -OCH3 is 2. The third-order valence-corrected chi connectivity index (χ3v) is 5.02.